The van der Waals surface area contributed by atoms with Gasteiger partial charge in [0.1, 0.15) is 0 Å². The minimum absolute atomic E-state index is 0.371. The van der Waals surface area contributed by atoms with Crippen LogP contribution < -0.4 is 21.3 Å². The Morgan fingerprint density at radius 3 is 1.29 bits per heavy atom. The van der Waals surface area contributed by atoms with Crippen molar-refractivity contribution >= 4 is 0 Å². The van der Waals surface area contributed by atoms with Gasteiger partial charge in [0.2, 0.25) is 0 Å². The fourth-order valence-electron chi connectivity index (χ4n) is 4.05. The lowest BCUT2D eigenvalue weighted by Gasteiger charge is -2.27. The summed E-state index contributed by atoms with van der Waals surface area (Å²) in [7, 11) is 0. The van der Waals surface area contributed by atoms with Crippen LogP contribution in [-0.2, 0) is 0 Å². The third-order valence-electron chi connectivity index (χ3n) is 5.60. The van der Waals surface area contributed by atoms with Crippen LogP contribution in [0, 0.1) is 0 Å². The molecule has 1 aliphatic heterocycles. The summed E-state index contributed by atoms with van der Waals surface area (Å²) in [5, 5.41) is 14.9. The molecule has 4 heteroatoms. The first-order valence-electron chi connectivity index (χ1n) is 10.8. The molecule has 4 atom stereocenters. The van der Waals surface area contributed by atoms with Crippen molar-refractivity contribution in [3.63, 3.8) is 0 Å². The Morgan fingerprint density at radius 2 is 0.893 bits per heavy atom. The van der Waals surface area contributed by atoms with Gasteiger partial charge in [-0.15, -0.1) is 0 Å². The third-order valence-corrected chi connectivity index (χ3v) is 5.60. The van der Waals surface area contributed by atoms with Crippen molar-refractivity contribution in [1.29, 1.82) is 0 Å². The normalized spacial score (nSPS) is 28.4. The zero-order chi connectivity index (χ0) is 19.6. The number of nitrogens with one attached hydrogen (secondary N) is 4. The Bertz CT molecular complexity index is 601. The molecule has 2 aromatic rings. The van der Waals surface area contributed by atoms with E-state index in [1.54, 1.807) is 0 Å². The highest BCUT2D eigenvalue weighted by molar-refractivity contribution is 5.20. The summed E-state index contributed by atoms with van der Waals surface area (Å²) >= 11 is 0. The molecule has 1 aliphatic rings. The van der Waals surface area contributed by atoms with E-state index in [9.17, 15) is 0 Å². The van der Waals surface area contributed by atoms with E-state index >= 15 is 0 Å². The van der Waals surface area contributed by atoms with Crippen LogP contribution in [0.2, 0.25) is 0 Å². The Kier molecular flexibility index (Phi) is 8.49. The Morgan fingerprint density at radius 1 is 0.536 bits per heavy atom. The Hall–Kier alpha value is -1.72. The van der Waals surface area contributed by atoms with Crippen molar-refractivity contribution in [2.75, 3.05) is 26.2 Å². The molecule has 4 nitrogen and oxygen atoms in total. The lowest BCUT2D eigenvalue weighted by Crippen LogP contribution is -2.42. The summed E-state index contributed by atoms with van der Waals surface area (Å²) < 4.78 is 0. The van der Waals surface area contributed by atoms with Crippen molar-refractivity contribution in [1.82, 2.24) is 21.3 Å². The fourth-order valence-corrected chi connectivity index (χ4v) is 4.05. The van der Waals surface area contributed by atoms with Crippen molar-refractivity contribution in [3.8, 4) is 0 Å². The van der Waals surface area contributed by atoms with Crippen LogP contribution in [0.1, 0.15) is 49.9 Å². The van der Waals surface area contributed by atoms with Gasteiger partial charge in [0.25, 0.3) is 0 Å². The van der Waals surface area contributed by atoms with E-state index in [4.69, 9.17) is 0 Å². The van der Waals surface area contributed by atoms with E-state index in [0.29, 0.717) is 24.2 Å². The molecule has 0 amide bonds. The zero-order valence-corrected chi connectivity index (χ0v) is 17.3. The van der Waals surface area contributed by atoms with Gasteiger partial charge in [-0.2, -0.15) is 0 Å². The summed E-state index contributed by atoms with van der Waals surface area (Å²) in [6, 6.07) is 23.3. The largest absolute Gasteiger partial charge is 0.313 e. The molecule has 0 bridgehead atoms. The number of benzene rings is 2. The number of hydrogen-bond acceptors (Lipinski definition) is 4. The molecule has 0 saturated carbocycles. The Labute approximate surface area is 170 Å². The predicted molar refractivity (Wildman–Crippen MR) is 119 cm³/mol. The van der Waals surface area contributed by atoms with Crippen molar-refractivity contribution in [3.05, 3.63) is 71.8 Å². The van der Waals surface area contributed by atoms with Crippen LogP contribution >= 0.6 is 0 Å². The molecule has 2 aromatic carbocycles. The number of hydrogen-bond donors (Lipinski definition) is 4. The van der Waals surface area contributed by atoms with E-state index in [1.807, 2.05) is 0 Å². The third kappa shape index (κ3) is 6.71. The average molecular weight is 381 g/mol. The standard InChI is InChI=1S/C24H36N4/c1-19-17-23(21-9-5-3-6-10-21)27-15-16-28-24(22-11-7-4-8-12-22)18-20(2)26-14-13-25-19/h3-12,19-20,23-28H,13-18H2,1-2H3. The first-order chi connectivity index (χ1) is 13.7. The van der Waals surface area contributed by atoms with E-state index in [1.165, 1.54) is 11.1 Å². The summed E-state index contributed by atoms with van der Waals surface area (Å²) in [4.78, 5) is 0. The first kappa shape index (κ1) is 21.0. The van der Waals surface area contributed by atoms with Gasteiger partial charge >= 0.3 is 0 Å². The van der Waals surface area contributed by atoms with Crippen LogP contribution in [-0.4, -0.2) is 38.3 Å². The maximum Gasteiger partial charge on any atom is 0.0335 e. The van der Waals surface area contributed by atoms with Crippen molar-refractivity contribution in [2.45, 2.75) is 50.9 Å². The summed E-state index contributed by atoms with van der Waals surface area (Å²) in [5.74, 6) is 0. The minimum Gasteiger partial charge on any atom is -0.313 e. The van der Waals surface area contributed by atoms with Gasteiger partial charge in [-0.05, 0) is 37.8 Å². The monoisotopic (exact) mass is 380 g/mol. The highest BCUT2D eigenvalue weighted by Crippen LogP contribution is 2.20. The second kappa shape index (κ2) is 11.3. The fraction of sp³-hybridized carbons (Fsp3) is 0.500. The summed E-state index contributed by atoms with van der Waals surface area (Å²) in [6.07, 6.45) is 2.17. The van der Waals surface area contributed by atoms with Gasteiger partial charge in [-0.25, -0.2) is 0 Å². The summed E-state index contributed by atoms with van der Waals surface area (Å²) in [6.45, 7) is 8.48. The van der Waals surface area contributed by atoms with Crippen LogP contribution in [0.4, 0.5) is 0 Å². The molecule has 1 saturated heterocycles. The number of rotatable bonds is 2. The average Bonchev–Trinajstić information content (AvgIpc) is 2.73. The minimum atomic E-state index is 0.371. The van der Waals surface area contributed by atoms with Gasteiger partial charge < -0.3 is 21.3 Å². The van der Waals surface area contributed by atoms with E-state index in [-0.39, 0.29) is 0 Å². The van der Waals surface area contributed by atoms with Crippen LogP contribution in [0.5, 0.6) is 0 Å². The second-order valence-electron chi connectivity index (χ2n) is 8.02. The quantitative estimate of drug-likeness (QED) is 0.645. The maximum atomic E-state index is 3.79. The predicted octanol–water partition coefficient (Wildman–Crippen LogP) is 3.40. The van der Waals surface area contributed by atoms with Gasteiger partial charge in [0, 0.05) is 50.3 Å². The summed E-state index contributed by atoms with van der Waals surface area (Å²) in [5.41, 5.74) is 2.74. The molecule has 1 fully saturated rings. The lowest BCUT2D eigenvalue weighted by molar-refractivity contribution is 0.371. The van der Waals surface area contributed by atoms with E-state index < -0.39 is 0 Å². The molecule has 4 unspecified atom stereocenters. The molecule has 0 aliphatic carbocycles. The van der Waals surface area contributed by atoms with Crippen molar-refractivity contribution < 1.29 is 0 Å². The van der Waals surface area contributed by atoms with Gasteiger partial charge in [0.15, 0.2) is 0 Å². The van der Waals surface area contributed by atoms with Crippen LogP contribution in [0.3, 0.4) is 0 Å². The van der Waals surface area contributed by atoms with Crippen LogP contribution in [0.15, 0.2) is 60.7 Å². The van der Waals surface area contributed by atoms with Gasteiger partial charge in [0.05, 0.1) is 0 Å². The maximum absolute atomic E-state index is 3.79. The zero-order valence-electron chi connectivity index (χ0n) is 17.3. The molecule has 1 heterocycles. The SMILES string of the molecule is CC1CC(c2ccccc2)NCCNC(c2ccccc2)CC(C)NCCN1. The molecule has 4 N–H and O–H groups in total. The highest BCUT2D eigenvalue weighted by atomic mass is 15.0. The highest BCUT2D eigenvalue weighted by Gasteiger charge is 2.18. The van der Waals surface area contributed by atoms with E-state index in [2.05, 4.69) is 95.8 Å². The lowest BCUT2D eigenvalue weighted by atomic mass is 9.99. The molecule has 0 radical (unpaired) electrons. The van der Waals surface area contributed by atoms with Gasteiger partial charge in [-0.3, -0.25) is 0 Å². The van der Waals surface area contributed by atoms with Crippen LogP contribution in [0.25, 0.3) is 0 Å². The molecular weight excluding hydrogens is 344 g/mol. The molecule has 152 valence electrons. The molecular formula is C24H36N4. The Balaban J connectivity index is 1.67. The molecule has 0 spiro atoms. The van der Waals surface area contributed by atoms with E-state index in [0.717, 1.165) is 39.0 Å². The topological polar surface area (TPSA) is 48.1 Å². The molecule has 3 rings (SSSR count). The molecule has 0 aromatic heterocycles. The van der Waals surface area contributed by atoms with Gasteiger partial charge in [-0.1, -0.05) is 60.7 Å². The second-order valence-corrected chi connectivity index (χ2v) is 8.02. The molecule has 28 heavy (non-hydrogen) atoms. The van der Waals surface area contributed by atoms with Crippen molar-refractivity contribution in [2.24, 2.45) is 0 Å². The first-order valence-corrected chi connectivity index (χ1v) is 10.8. The smallest absolute Gasteiger partial charge is 0.0335 e.